The third-order valence-electron chi connectivity index (χ3n) is 2.81. The lowest BCUT2D eigenvalue weighted by molar-refractivity contribution is -0.132. The van der Waals surface area contributed by atoms with Crippen LogP contribution in [0.5, 0.6) is 0 Å². The van der Waals surface area contributed by atoms with Gasteiger partial charge in [-0.2, -0.15) is 0 Å². The predicted molar refractivity (Wildman–Crippen MR) is 56.4 cm³/mol. The Balaban J connectivity index is 2.48. The minimum Gasteiger partial charge on any atom is -0.342 e. The number of hydrogen-bond donors (Lipinski definition) is 1. The SMILES string of the molecule is C#CCC(=O)N1CCCC(C(C)N)C1. The number of carbonyl (C=O) groups is 1. The molecule has 2 atom stereocenters. The zero-order chi connectivity index (χ0) is 10.6. The fraction of sp³-hybridized carbons (Fsp3) is 0.727. The van der Waals surface area contributed by atoms with E-state index in [1.807, 2.05) is 11.8 Å². The standard InChI is InChI=1S/C11H18N2O/c1-3-5-11(14)13-7-4-6-10(8-13)9(2)12/h1,9-10H,4-8,12H2,2H3. The zero-order valence-corrected chi connectivity index (χ0v) is 8.70. The van der Waals surface area contributed by atoms with E-state index in [1.165, 1.54) is 0 Å². The van der Waals surface area contributed by atoms with Crippen molar-refractivity contribution in [3.05, 3.63) is 0 Å². The summed E-state index contributed by atoms with van der Waals surface area (Å²) >= 11 is 0. The van der Waals surface area contributed by atoms with Gasteiger partial charge >= 0.3 is 0 Å². The number of hydrogen-bond acceptors (Lipinski definition) is 2. The van der Waals surface area contributed by atoms with E-state index in [9.17, 15) is 4.79 Å². The van der Waals surface area contributed by atoms with Crippen LogP contribution in [0.15, 0.2) is 0 Å². The van der Waals surface area contributed by atoms with Gasteiger partial charge in [-0.25, -0.2) is 0 Å². The van der Waals surface area contributed by atoms with Gasteiger partial charge in [0.2, 0.25) is 5.91 Å². The molecule has 0 spiro atoms. The Morgan fingerprint density at radius 1 is 1.79 bits per heavy atom. The first kappa shape index (κ1) is 11.1. The summed E-state index contributed by atoms with van der Waals surface area (Å²) < 4.78 is 0. The summed E-state index contributed by atoms with van der Waals surface area (Å²) in [5.41, 5.74) is 5.83. The second kappa shape index (κ2) is 5.02. The Labute approximate surface area is 85.6 Å². The molecule has 0 radical (unpaired) electrons. The lowest BCUT2D eigenvalue weighted by atomic mass is 9.92. The number of terminal acetylenes is 1. The van der Waals surface area contributed by atoms with Crippen molar-refractivity contribution in [3.63, 3.8) is 0 Å². The van der Waals surface area contributed by atoms with Crippen LogP contribution in [0.3, 0.4) is 0 Å². The highest BCUT2D eigenvalue weighted by atomic mass is 16.2. The minimum atomic E-state index is 0.0675. The summed E-state index contributed by atoms with van der Waals surface area (Å²) in [5, 5.41) is 0. The number of rotatable bonds is 2. The summed E-state index contributed by atoms with van der Waals surface area (Å²) in [6.45, 7) is 3.61. The average Bonchev–Trinajstić information content (AvgIpc) is 2.18. The molecule has 2 unspecified atom stereocenters. The summed E-state index contributed by atoms with van der Waals surface area (Å²) in [6, 6.07) is 0.163. The van der Waals surface area contributed by atoms with E-state index in [0.29, 0.717) is 5.92 Å². The Morgan fingerprint density at radius 3 is 3.07 bits per heavy atom. The van der Waals surface area contributed by atoms with Crippen LogP contribution in [0, 0.1) is 18.3 Å². The Bertz CT molecular complexity index is 242. The van der Waals surface area contributed by atoms with Gasteiger partial charge in [-0.1, -0.05) is 5.92 Å². The van der Waals surface area contributed by atoms with Crippen LogP contribution in [0.1, 0.15) is 26.2 Å². The molecular weight excluding hydrogens is 176 g/mol. The normalized spacial score (nSPS) is 24.1. The number of amides is 1. The molecule has 1 amide bonds. The van der Waals surface area contributed by atoms with E-state index in [2.05, 4.69) is 5.92 Å². The maximum absolute atomic E-state index is 11.5. The maximum Gasteiger partial charge on any atom is 0.234 e. The molecule has 2 N–H and O–H groups in total. The topological polar surface area (TPSA) is 46.3 Å². The van der Waals surface area contributed by atoms with Crippen LogP contribution in [-0.4, -0.2) is 29.9 Å². The fourth-order valence-corrected chi connectivity index (χ4v) is 1.86. The molecule has 1 fully saturated rings. The van der Waals surface area contributed by atoms with Crippen LogP contribution in [0.4, 0.5) is 0 Å². The van der Waals surface area contributed by atoms with Gasteiger partial charge in [0, 0.05) is 19.1 Å². The highest BCUT2D eigenvalue weighted by Gasteiger charge is 2.24. The van der Waals surface area contributed by atoms with Gasteiger partial charge in [0.05, 0.1) is 6.42 Å². The summed E-state index contributed by atoms with van der Waals surface area (Å²) in [6.07, 6.45) is 7.49. The fourth-order valence-electron chi connectivity index (χ4n) is 1.86. The van der Waals surface area contributed by atoms with Crippen LogP contribution in [0.2, 0.25) is 0 Å². The Kier molecular flexibility index (Phi) is 3.97. The van der Waals surface area contributed by atoms with Gasteiger partial charge in [-0.3, -0.25) is 4.79 Å². The first-order valence-corrected chi connectivity index (χ1v) is 5.12. The highest BCUT2D eigenvalue weighted by Crippen LogP contribution is 2.19. The molecule has 14 heavy (non-hydrogen) atoms. The number of carbonyl (C=O) groups excluding carboxylic acids is 1. The van der Waals surface area contributed by atoms with Crippen LogP contribution in [-0.2, 0) is 4.79 Å². The predicted octanol–water partition coefficient (Wildman–Crippen LogP) is 0.596. The molecule has 0 saturated carbocycles. The van der Waals surface area contributed by atoms with Gasteiger partial charge in [0.25, 0.3) is 0 Å². The number of nitrogens with zero attached hydrogens (tertiary/aromatic N) is 1. The van der Waals surface area contributed by atoms with Crippen LogP contribution < -0.4 is 5.73 Å². The monoisotopic (exact) mass is 194 g/mol. The van der Waals surface area contributed by atoms with Crippen molar-refractivity contribution >= 4 is 5.91 Å². The van der Waals surface area contributed by atoms with E-state index in [1.54, 1.807) is 0 Å². The van der Waals surface area contributed by atoms with Crippen molar-refractivity contribution in [1.82, 2.24) is 4.90 Å². The number of likely N-dealkylation sites (tertiary alicyclic amines) is 1. The van der Waals surface area contributed by atoms with Crippen LogP contribution >= 0.6 is 0 Å². The smallest absolute Gasteiger partial charge is 0.234 e. The molecular formula is C11H18N2O. The number of nitrogens with two attached hydrogens (primary N) is 1. The van der Waals surface area contributed by atoms with E-state index >= 15 is 0 Å². The van der Waals surface area contributed by atoms with Crippen LogP contribution in [0.25, 0.3) is 0 Å². The zero-order valence-electron chi connectivity index (χ0n) is 8.70. The summed E-state index contributed by atoms with van der Waals surface area (Å²) in [4.78, 5) is 13.4. The van der Waals surface area contributed by atoms with Gasteiger partial charge in [0.15, 0.2) is 0 Å². The van der Waals surface area contributed by atoms with Crippen molar-refractivity contribution in [2.75, 3.05) is 13.1 Å². The molecule has 1 heterocycles. The van der Waals surface area contributed by atoms with E-state index in [0.717, 1.165) is 25.9 Å². The molecule has 1 aliphatic rings. The maximum atomic E-state index is 11.5. The molecule has 3 heteroatoms. The first-order chi connectivity index (χ1) is 6.65. The van der Waals surface area contributed by atoms with Gasteiger partial charge < -0.3 is 10.6 Å². The molecule has 1 aliphatic heterocycles. The first-order valence-electron chi connectivity index (χ1n) is 5.12. The molecule has 0 bridgehead atoms. The van der Waals surface area contributed by atoms with Gasteiger partial charge in [-0.15, -0.1) is 6.42 Å². The minimum absolute atomic E-state index is 0.0675. The Morgan fingerprint density at radius 2 is 2.50 bits per heavy atom. The van der Waals surface area contributed by atoms with Gasteiger partial charge in [0.1, 0.15) is 0 Å². The molecule has 3 nitrogen and oxygen atoms in total. The second-order valence-corrected chi connectivity index (χ2v) is 3.98. The van der Waals surface area contributed by atoms with Crippen molar-refractivity contribution in [2.45, 2.75) is 32.2 Å². The quantitative estimate of drug-likeness (QED) is 0.654. The molecule has 1 saturated heterocycles. The largest absolute Gasteiger partial charge is 0.342 e. The van der Waals surface area contributed by atoms with E-state index in [4.69, 9.17) is 12.2 Å². The average molecular weight is 194 g/mol. The summed E-state index contributed by atoms with van der Waals surface area (Å²) in [7, 11) is 0. The molecule has 0 aromatic heterocycles. The van der Waals surface area contributed by atoms with Crippen molar-refractivity contribution in [1.29, 1.82) is 0 Å². The molecule has 0 aromatic rings. The highest BCUT2D eigenvalue weighted by molar-refractivity contribution is 5.78. The Hall–Kier alpha value is -1.01. The lowest BCUT2D eigenvalue weighted by Crippen LogP contribution is -2.44. The van der Waals surface area contributed by atoms with Gasteiger partial charge in [-0.05, 0) is 25.7 Å². The van der Waals surface area contributed by atoms with Crippen molar-refractivity contribution < 1.29 is 4.79 Å². The lowest BCUT2D eigenvalue weighted by Gasteiger charge is -2.34. The molecule has 1 rings (SSSR count). The third kappa shape index (κ3) is 2.74. The summed E-state index contributed by atoms with van der Waals surface area (Å²) in [5.74, 6) is 2.89. The second-order valence-electron chi connectivity index (χ2n) is 3.98. The molecule has 78 valence electrons. The van der Waals surface area contributed by atoms with Crippen molar-refractivity contribution in [3.8, 4) is 12.3 Å². The molecule has 0 aliphatic carbocycles. The third-order valence-corrected chi connectivity index (χ3v) is 2.81. The molecule has 0 aromatic carbocycles. The van der Waals surface area contributed by atoms with E-state index < -0.39 is 0 Å². The number of piperidine rings is 1. The van der Waals surface area contributed by atoms with E-state index in [-0.39, 0.29) is 18.4 Å². The van der Waals surface area contributed by atoms with Crippen molar-refractivity contribution in [2.24, 2.45) is 11.7 Å².